The summed E-state index contributed by atoms with van der Waals surface area (Å²) in [5.74, 6) is 0.696. The summed E-state index contributed by atoms with van der Waals surface area (Å²) in [5.41, 5.74) is 2.31. The maximum Gasteiger partial charge on any atom is 0.353 e. The van der Waals surface area contributed by atoms with Gasteiger partial charge in [0, 0.05) is 30.2 Å². The molecule has 1 fully saturated rings. The first-order valence-corrected chi connectivity index (χ1v) is 10.5. The Bertz CT molecular complexity index is 942. The third-order valence-corrected chi connectivity index (χ3v) is 5.95. The highest BCUT2D eigenvalue weighted by Gasteiger charge is 2.39. The highest BCUT2D eigenvalue weighted by Crippen LogP contribution is 2.37. The summed E-state index contributed by atoms with van der Waals surface area (Å²) in [6.45, 7) is 9.95. The maximum absolute atomic E-state index is 12.1. The summed E-state index contributed by atoms with van der Waals surface area (Å²) in [6, 6.07) is 8.32. The lowest BCUT2D eigenvalue weighted by Crippen LogP contribution is -2.60. The number of rotatable bonds is 4. The Hall–Kier alpha value is -2.74. The van der Waals surface area contributed by atoms with Gasteiger partial charge in [0.25, 0.3) is 0 Å². The summed E-state index contributed by atoms with van der Waals surface area (Å²) in [5, 5.41) is 19.1. The van der Waals surface area contributed by atoms with Crippen LogP contribution in [-0.2, 0) is 13.0 Å². The molecule has 2 N–H and O–H groups in total. The number of anilines is 2. The Morgan fingerprint density at radius 1 is 1.13 bits per heavy atom. The fourth-order valence-electron chi connectivity index (χ4n) is 5.17. The Kier molecular flexibility index (Phi) is 5.13. The second-order valence-corrected chi connectivity index (χ2v) is 9.73. The number of nitrogens with zero attached hydrogens (tertiary/aromatic N) is 4. The van der Waals surface area contributed by atoms with Crippen molar-refractivity contribution in [2.24, 2.45) is 0 Å². The van der Waals surface area contributed by atoms with Crippen LogP contribution in [0, 0.1) is 10.1 Å². The minimum atomic E-state index is -0.352. The van der Waals surface area contributed by atoms with Crippen LogP contribution in [0.25, 0.3) is 0 Å². The molecule has 0 unspecified atom stereocenters. The van der Waals surface area contributed by atoms with Crippen molar-refractivity contribution in [2.75, 3.05) is 16.8 Å². The lowest BCUT2D eigenvalue weighted by molar-refractivity contribution is -0.383. The Labute approximate surface area is 177 Å². The third kappa shape index (κ3) is 4.23. The van der Waals surface area contributed by atoms with Crippen LogP contribution in [0.5, 0.6) is 0 Å². The minimum absolute atomic E-state index is 0.0361. The standard InChI is InChI=1S/C22H30N6O2/c1-21(2)11-17(12-22(3,4)26-21)25-19-18(28(29)30)20(24-14-23-19)27-10-9-15-7-5-6-8-16(15)13-27/h5-8,14,17,26H,9-13H2,1-4H3,(H,23,24,25). The molecule has 0 aliphatic carbocycles. The highest BCUT2D eigenvalue weighted by atomic mass is 16.6. The van der Waals surface area contributed by atoms with Crippen LogP contribution in [0.2, 0.25) is 0 Å². The first kappa shape index (κ1) is 20.5. The summed E-state index contributed by atoms with van der Waals surface area (Å²) < 4.78 is 0. The van der Waals surface area contributed by atoms with Gasteiger partial charge in [0.15, 0.2) is 0 Å². The van der Waals surface area contributed by atoms with Crippen molar-refractivity contribution in [1.29, 1.82) is 0 Å². The molecule has 0 bridgehead atoms. The number of hydrogen-bond donors (Lipinski definition) is 2. The van der Waals surface area contributed by atoms with Crippen molar-refractivity contribution >= 4 is 17.3 Å². The SMILES string of the molecule is CC1(C)CC(Nc2ncnc(N3CCc4ccccc4C3)c2[N+](=O)[O-])CC(C)(C)N1. The molecule has 2 aromatic rings. The van der Waals surface area contributed by atoms with E-state index in [9.17, 15) is 10.1 Å². The van der Waals surface area contributed by atoms with Gasteiger partial charge in [-0.15, -0.1) is 0 Å². The molecule has 30 heavy (non-hydrogen) atoms. The van der Waals surface area contributed by atoms with Gasteiger partial charge >= 0.3 is 5.69 Å². The number of hydrogen-bond acceptors (Lipinski definition) is 7. The van der Waals surface area contributed by atoms with E-state index in [1.807, 2.05) is 17.0 Å². The molecule has 8 heteroatoms. The number of piperidine rings is 1. The van der Waals surface area contributed by atoms with Crippen LogP contribution < -0.4 is 15.5 Å². The molecule has 8 nitrogen and oxygen atoms in total. The van der Waals surface area contributed by atoms with E-state index >= 15 is 0 Å². The number of fused-ring (bicyclic) bond motifs is 1. The molecule has 4 rings (SSSR count). The molecule has 0 amide bonds. The quantitative estimate of drug-likeness (QED) is 0.586. The molecule has 1 aromatic carbocycles. The Morgan fingerprint density at radius 2 is 1.80 bits per heavy atom. The van der Waals surface area contributed by atoms with Crippen molar-refractivity contribution in [2.45, 2.75) is 70.6 Å². The number of nitro groups is 1. The minimum Gasteiger partial charge on any atom is -0.361 e. The van der Waals surface area contributed by atoms with Gasteiger partial charge in [-0.2, -0.15) is 0 Å². The molecular formula is C22H30N6O2. The van der Waals surface area contributed by atoms with E-state index in [0.29, 0.717) is 24.7 Å². The molecule has 3 heterocycles. The van der Waals surface area contributed by atoms with Crippen molar-refractivity contribution < 1.29 is 4.92 Å². The van der Waals surface area contributed by atoms with Crippen LogP contribution >= 0.6 is 0 Å². The molecule has 2 aliphatic heterocycles. The summed E-state index contributed by atoms with van der Waals surface area (Å²) in [4.78, 5) is 22.3. The predicted octanol–water partition coefficient (Wildman–Crippen LogP) is 3.67. The molecule has 0 atom stereocenters. The maximum atomic E-state index is 12.1. The average molecular weight is 411 g/mol. The molecule has 2 aliphatic rings. The monoisotopic (exact) mass is 410 g/mol. The van der Waals surface area contributed by atoms with E-state index in [1.165, 1.54) is 17.5 Å². The van der Waals surface area contributed by atoms with Gasteiger partial charge in [0.05, 0.1) is 4.92 Å². The zero-order chi connectivity index (χ0) is 21.5. The Balaban J connectivity index is 1.64. The van der Waals surface area contributed by atoms with Gasteiger partial charge in [0.1, 0.15) is 6.33 Å². The van der Waals surface area contributed by atoms with Gasteiger partial charge in [0.2, 0.25) is 11.6 Å². The molecule has 1 aromatic heterocycles. The van der Waals surface area contributed by atoms with E-state index in [2.05, 4.69) is 60.4 Å². The van der Waals surface area contributed by atoms with Crippen LogP contribution in [0.15, 0.2) is 30.6 Å². The van der Waals surface area contributed by atoms with Crippen molar-refractivity contribution in [3.63, 3.8) is 0 Å². The Morgan fingerprint density at radius 3 is 2.47 bits per heavy atom. The summed E-state index contributed by atoms with van der Waals surface area (Å²) >= 11 is 0. The van der Waals surface area contributed by atoms with Gasteiger partial charge in [-0.05, 0) is 58.1 Å². The van der Waals surface area contributed by atoms with Crippen LogP contribution in [0.1, 0.15) is 51.7 Å². The lowest BCUT2D eigenvalue weighted by atomic mass is 9.79. The van der Waals surface area contributed by atoms with Crippen molar-refractivity contribution in [3.05, 3.63) is 51.8 Å². The van der Waals surface area contributed by atoms with E-state index in [1.54, 1.807) is 0 Å². The second kappa shape index (κ2) is 7.50. The van der Waals surface area contributed by atoms with Gasteiger partial charge in [-0.3, -0.25) is 10.1 Å². The van der Waals surface area contributed by atoms with E-state index < -0.39 is 0 Å². The first-order valence-electron chi connectivity index (χ1n) is 10.5. The fourth-order valence-corrected chi connectivity index (χ4v) is 5.17. The number of aromatic nitrogens is 2. The molecule has 0 radical (unpaired) electrons. The average Bonchev–Trinajstić information content (AvgIpc) is 2.64. The van der Waals surface area contributed by atoms with Crippen LogP contribution in [0.4, 0.5) is 17.3 Å². The van der Waals surface area contributed by atoms with Gasteiger partial charge in [-0.25, -0.2) is 9.97 Å². The van der Waals surface area contributed by atoms with Crippen molar-refractivity contribution in [1.82, 2.24) is 15.3 Å². The topological polar surface area (TPSA) is 96.2 Å². The number of nitrogens with one attached hydrogen (secondary N) is 2. The van der Waals surface area contributed by atoms with Crippen LogP contribution in [0.3, 0.4) is 0 Å². The second-order valence-electron chi connectivity index (χ2n) is 9.73. The first-order chi connectivity index (χ1) is 14.1. The zero-order valence-corrected chi connectivity index (χ0v) is 18.1. The largest absolute Gasteiger partial charge is 0.361 e. The predicted molar refractivity (Wildman–Crippen MR) is 118 cm³/mol. The van der Waals surface area contributed by atoms with Crippen LogP contribution in [-0.4, -0.2) is 38.6 Å². The smallest absolute Gasteiger partial charge is 0.353 e. The lowest BCUT2D eigenvalue weighted by Gasteiger charge is -2.46. The molecule has 0 saturated carbocycles. The van der Waals surface area contributed by atoms with Gasteiger partial charge < -0.3 is 15.5 Å². The molecular weight excluding hydrogens is 380 g/mol. The highest BCUT2D eigenvalue weighted by molar-refractivity contribution is 5.71. The van der Waals surface area contributed by atoms with E-state index in [0.717, 1.165) is 19.3 Å². The van der Waals surface area contributed by atoms with E-state index in [4.69, 9.17) is 0 Å². The molecule has 1 saturated heterocycles. The van der Waals surface area contributed by atoms with Gasteiger partial charge in [-0.1, -0.05) is 24.3 Å². The van der Waals surface area contributed by atoms with E-state index in [-0.39, 0.29) is 27.7 Å². The summed E-state index contributed by atoms with van der Waals surface area (Å²) in [7, 11) is 0. The summed E-state index contributed by atoms with van der Waals surface area (Å²) in [6.07, 6.45) is 3.98. The number of benzene rings is 1. The van der Waals surface area contributed by atoms with Crippen molar-refractivity contribution in [3.8, 4) is 0 Å². The third-order valence-electron chi connectivity index (χ3n) is 5.95. The zero-order valence-electron chi connectivity index (χ0n) is 18.1. The fraction of sp³-hybridized carbons (Fsp3) is 0.545. The molecule has 0 spiro atoms. The molecule has 160 valence electrons. The normalized spacial score (nSPS) is 20.5.